The molecule has 2 rings (SSSR count). The third-order valence-electron chi connectivity index (χ3n) is 2.36. The fourth-order valence-corrected chi connectivity index (χ4v) is 2.57. The van der Waals surface area contributed by atoms with Gasteiger partial charge in [0.1, 0.15) is 5.03 Å². The molecule has 17 heavy (non-hydrogen) atoms. The second kappa shape index (κ2) is 5.54. The van der Waals surface area contributed by atoms with Crippen LogP contribution in [0.4, 0.5) is 0 Å². The molecule has 0 saturated carbocycles. The molecule has 0 aliphatic carbocycles. The van der Waals surface area contributed by atoms with E-state index in [1.165, 1.54) is 5.56 Å². The van der Waals surface area contributed by atoms with Gasteiger partial charge >= 0.3 is 0 Å². The van der Waals surface area contributed by atoms with Gasteiger partial charge in [0, 0.05) is 17.6 Å². The van der Waals surface area contributed by atoms with Crippen molar-refractivity contribution in [1.82, 2.24) is 4.98 Å². The minimum atomic E-state index is 0.538. The Morgan fingerprint density at radius 3 is 2.76 bits per heavy atom. The number of pyridine rings is 1. The summed E-state index contributed by atoms with van der Waals surface area (Å²) in [6, 6.07) is 10.0. The Morgan fingerprint density at radius 1 is 1.29 bits per heavy atom. The molecule has 2 N–H and O–H groups in total. The quantitative estimate of drug-likeness (QED) is 0.920. The van der Waals surface area contributed by atoms with Crippen LogP contribution in [0, 0.1) is 6.92 Å². The van der Waals surface area contributed by atoms with Crippen LogP contribution >= 0.6 is 23.4 Å². The molecule has 0 unspecified atom stereocenters. The van der Waals surface area contributed by atoms with Gasteiger partial charge in [-0.2, -0.15) is 0 Å². The number of benzene rings is 1. The number of aryl methyl sites for hydroxylation is 1. The van der Waals surface area contributed by atoms with E-state index in [2.05, 4.69) is 30.1 Å². The first kappa shape index (κ1) is 12.4. The highest BCUT2D eigenvalue weighted by molar-refractivity contribution is 7.99. The van der Waals surface area contributed by atoms with Crippen LogP contribution in [0.15, 0.2) is 46.5 Å². The van der Waals surface area contributed by atoms with Crippen LogP contribution in [0.2, 0.25) is 5.02 Å². The SMILES string of the molecule is Cc1ccc(CN)c(Sc2ccc(Cl)cn2)c1. The fourth-order valence-electron chi connectivity index (χ4n) is 1.46. The summed E-state index contributed by atoms with van der Waals surface area (Å²) < 4.78 is 0. The van der Waals surface area contributed by atoms with Gasteiger partial charge in [0.2, 0.25) is 0 Å². The Morgan fingerprint density at radius 2 is 2.12 bits per heavy atom. The van der Waals surface area contributed by atoms with Crippen LogP contribution in [0.3, 0.4) is 0 Å². The van der Waals surface area contributed by atoms with Crippen molar-refractivity contribution in [3.05, 3.63) is 52.7 Å². The van der Waals surface area contributed by atoms with Crippen molar-refractivity contribution in [3.8, 4) is 0 Å². The Labute approximate surface area is 110 Å². The van der Waals surface area contributed by atoms with Gasteiger partial charge in [0.25, 0.3) is 0 Å². The van der Waals surface area contributed by atoms with Gasteiger partial charge in [-0.1, -0.05) is 35.5 Å². The molecule has 2 nitrogen and oxygen atoms in total. The lowest BCUT2D eigenvalue weighted by Gasteiger charge is -2.08. The second-order valence-corrected chi connectivity index (χ2v) is 5.23. The van der Waals surface area contributed by atoms with Crippen LogP contribution in [-0.4, -0.2) is 4.98 Å². The first-order chi connectivity index (χ1) is 8.19. The summed E-state index contributed by atoms with van der Waals surface area (Å²) in [6.07, 6.45) is 1.65. The second-order valence-electron chi connectivity index (χ2n) is 3.73. The third kappa shape index (κ3) is 3.22. The van der Waals surface area contributed by atoms with Crippen molar-refractivity contribution >= 4 is 23.4 Å². The van der Waals surface area contributed by atoms with Gasteiger partial charge in [-0.05, 0) is 36.2 Å². The summed E-state index contributed by atoms with van der Waals surface area (Å²) in [7, 11) is 0. The van der Waals surface area contributed by atoms with E-state index in [4.69, 9.17) is 17.3 Å². The molecule has 0 fully saturated rings. The first-order valence-electron chi connectivity index (χ1n) is 5.28. The average molecular weight is 265 g/mol. The number of nitrogens with zero attached hydrogens (tertiary/aromatic N) is 1. The molecule has 88 valence electrons. The Bertz CT molecular complexity index is 511. The number of aromatic nitrogens is 1. The molecule has 0 radical (unpaired) electrons. The summed E-state index contributed by atoms with van der Waals surface area (Å²) >= 11 is 7.42. The molecule has 1 heterocycles. The molecule has 0 atom stereocenters. The molecule has 1 aromatic carbocycles. The number of halogens is 1. The largest absolute Gasteiger partial charge is 0.326 e. The summed E-state index contributed by atoms with van der Waals surface area (Å²) in [5, 5.41) is 1.58. The molecule has 0 aliphatic rings. The minimum absolute atomic E-state index is 0.538. The van der Waals surface area contributed by atoms with Gasteiger partial charge in [-0.3, -0.25) is 0 Å². The van der Waals surface area contributed by atoms with E-state index in [1.54, 1.807) is 18.0 Å². The first-order valence-corrected chi connectivity index (χ1v) is 6.47. The summed E-state index contributed by atoms with van der Waals surface area (Å²) in [6.45, 7) is 2.61. The van der Waals surface area contributed by atoms with Crippen LogP contribution in [0.5, 0.6) is 0 Å². The highest BCUT2D eigenvalue weighted by Gasteiger charge is 2.04. The van der Waals surface area contributed by atoms with E-state index in [0.29, 0.717) is 11.6 Å². The molecule has 2 aromatic rings. The van der Waals surface area contributed by atoms with Crippen molar-refractivity contribution in [3.63, 3.8) is 0 Å². The van der Waals surface area contributed by atoms with Crippen LogP contribution in [0.25, 0.3) is 0 Å². The molecule has 0 spiro atoms. The lowest BCUT2D eigenvalue weighted by Crippen LogP contribution is -1.98. The molecule has 1 aromatic heterocycles. The van der Waals surface area contributed by atoms with Crippen molar-refractivity contribution in [2.75, 3.05) is 0 Å². The van der Waals surface area contributed by atoms with E-state index in [1.807, 2.05) is 12.1 Å². The zero-order valence-corrected chi connectivity index (χ0v) is 11.1. The van der Waals surface area contributed by atoms with Gasteiger partial charge in [-0.25, -0.2) is 4.98 Å². The monoisotopic (exact) mass is 264 g/mol. The topological polar surface area (TPSA) is 38.9 Å². The normalized spacial score (nSPS) is 10.5. The lowest BCUT2D eigenvalue weighted by molar-refractivity contribution is 1.02. The third-order valence-corrected chi connectivity index (χ3v) is 3.63. The van der Waals surface area contributed by atoms with Crippen molar-refractivity contribution < 1.29 is 0 Å². The van der Waals surface area contributed by atoms with Gasteiger partial charge < -0.3 is 5.73 Å². The van der Waals surface area contributed by atoms with E-state index >= 15 is 0 Å². The maximum absolute atomic E-state index is 5.81. The van der Waals surface area contributed by atoms with Gasteiger partial charge in [-0.15, -0.1) is 0 Å². The predicted molar refractivity (Wildman–Crippen MR) is 72.4 cm³/mol. The lowest BCUT2D eigenvalue weighted by atomic mass is 10.1. The zero-order chi connectivity index (χ0) is 12.3. The molecule has 0 amide bonds. The Balaban J connectivity index is 2.28. The highest BCUT2D eigenvalue weighted by atomic mass is 35.5. The van der Waals surface area contributed by atoms with Crippen LogP contribution in [0.1, 0.15) is 11.1 Å². The number of hydrogen-bond acceptors (Lipinski definition) is 3. The van der Waals surface area contributed by atoms with Crippen molar-refractivity contribution in [1.29, 1.82) is 0 Å². The van der Waals surface area contributed by atoms with Gasteiger partial charge in [0.05, 0.1) is 5.02 Å². The summed E-state index contributed by atoms with van der Waals surface area (Å²) in [5.41, 5.74) is 8.08. The number of nitrogens with two attached hydrogens (primary N) is 1. The highest BCUT2D eigenvalue weighted by Crippen LogP contribution is 2.30. The molecule has 0 bridgehead atoms. The van der Waals surface area contributed by atoms with Crippen molar-refractivity contribution in [2.45, 2.75) is 23.4 Å². The van der Waals surface area contributed by atoms with Crippen molar-refractivity contribution in [2.24, 2.45) is 5.73 Å². The number of rotatable bonds is 3. The minimum Gasteiger partial charge on any atom is -0.326 e. The standard InChI is InChI=1S/C13H13ClN2S/c1-9-2-3-10(7-15)12(6-9)17-13-5-4-11(14)8-16-13/h2-6,8H,7,15H2,1H3. The van der Waals surface area contributed by atoms with Gasteiger partial charge in [0.15, 0.2) is 0 Å². The number of hydrogen-bond donors (Lipinski definition) is 1. The van der Waals surface area contributed by atoms with Crippen LogP contribution < -0.4 is 5.73 Å². The zero-order valence-electron chi connectivity index (χ0n) is 9.48. The predicted octanol–water partition coefficient (Wildman–Crippen LogP) is 3.65. The Hall–Kier alpha value is -1.03. The maximum Gasteiger partial charge on any atom is 0.101 e. The van der Waals surface area contributed by atoms with E-state index in [0.717, 1.165) is 15.5 Å². The fraction of sp³-hybridized carbons (Fsp3) is 0.154. The molecule has 0 saturated heterocycles. The van der Waals surface area contributed by atoms with E-state index in [-0.39, 0.29) is 0 Å². The molecular formula is C13H13ClN2S. The summed E-state index contributed by atoms with van der Waals surface area (Å²) in [4.78, 5) is 5.42. The Kier molecular flexibility index (Phi) is 4.05. The molecular weight excluding hydrogens is 252 g/mol. The molecule has 0 aliphatic heterocycles. The van der Waals surface area contributed by atoms with Crippen LogP contribution in [-0.2, 0) is 6.54 Å². The molecule has 4 heteroatoms. The van der Waals surface area contributed by atoms with E-state index < -0.39 is 0 Å². The van der Waals surface area contributed by atoms with E-state index in [9.17, 15) is 0 Å². The summed E-state index contributed by atoms with van der Waals surface area (Å²) in [5.74, 6) is 0. The smallest absolute Gasteiger partial charge is 0.101 e. The maximum atomic E-state index is 5.81. The average Bonchev–Trinajstić information content (AvgIpc) is 2.32.